The zero-order valence-corrected chi connectivity index (χ0v) is 11.9. The quantitative estimate of drug-likeness (QED) is 0.527. The maximum atomic E-state index is 11.9. The monoisotopic (exact) mass is 352 g/mol. The van der Waals surface area contributed by atoms with E-state index in [9.17, 15) is 9.59 Å². The van der Waals surface area contributed by atoms with Crippen LogP contribution in [0.3, 0.4) is 0 Å². The second kappa shape index (κ2) is 4.33. The highest BCUT2D eigenvalue weighted by atomic mass is 127. The molecule has 0 bridgehead atoms. The van der Waals surface area contributed by atoms with Gasteiger partial charge in [0.05, 0.1) is 3.58 Å². The zero-order valence-electron chi connectivity index (χ0n) is 9.73. The molecule has 17 heavy (non-hydrogen) atoms. The van der Waals surface area contributed by atoms with Gasteiger partial charge >= 0.3 is 5.97 Å². The van der Waals surface area contributed by atoms with E-state index in [1.807, 2.05) is 22.6 Å². The topological polar surface area (TPSA) is 61.8 Å². The predicted octanol–water partition coefficient (Wildman–Crippen LogP) is 1.34. The first-order valence-electron chi connectivity index (χ1n) is 5.24. The average molecular weight is 352 g/mol. The molecular formula is C11H13IO5. The number of esters is 1. The fourth-order valence-corrected chi connectivity index (χ4v) is 2.64. The Bertz CT molecular complexity index is 401. The number of carbonyl (C=O) groups is 2. The predicted molar refractivity (Wildman–Crippen MR) is 66.5 cm³/mol. The first kappa shape index (κ1) is 13.0. The highest BCUT2D eigenvalue weighted by Crippen LogP contribution is 2.37. The van der Waals surface area contributed by atoms with Crippen LogP contribution in [0, 0.1) is 0 Å². The SMILES string of the molecule is CC(=O)O[C@@H]1C=C(I)C(=O)[C@H]2OC(C)(C)O[C@H]21. The maximum absolute atomic E-state index is 11.9. The summed E-state index contributed by atoms with van der Waals surface area (Å²) in [4.78, 5) is 22.9. The van der Waals surface area contributed by atoms with Gasteiger partial charge in [-0.3, -0.25) is 9.59 Å². The minimum atomic E-state index is -0.835. The Morgan fingerprint density at radius 2 is 2.12 bits per heavy atom. The third-order valence-electron chi connectivity index (χ3n) is 2.56. The molecule has 0 unspecified atom stereocenters. The number of carbonyl (C=O) groups excluding carboxylic acids is 2. The van der Waals surface area contributed by atoms with Gasteiger partial charge in [-0.15, -0.1) is 0 Å². The average Bonchev–Trinajstić information content (AvgIpc) is 2.50. The summed E-state index contributed by atoms with van der Waals surface area (Å²) >= 11 is 1.92. The van der Waals surface area contributed by atoms with E-state index >= 15 is 0 Å². The Labute approximate surface area is 113 Å². The lowest BCUT2D eigenvalue weighted by atomic mass is 9.97. The molecule has 1 aliphatic carbocycles. The highest BCUT2D eigenvalue weighted by molar-refractivity contribution is 14.1. The van der Waals surface area contributed by atoms with Crippen molar-refractivity contribution < 1.29 is 23.8 Å². The summed E-state index contributed by atoms with van der Waals surface area (Å²) in [5.74, 6) is -1.36. The largest absolute Gasteiger partial charge is 0.455 e. The lowest BCUT2D eigenvalue weighted by Crippen LogP contribution is -2.44. The second-order valence-corrected chi connectivity index (χ2v) is 5.64. The van der Waals surface area contributed by atoms with Crippen molar-refractivity contribution in [2.24, 2.45) is 0 Å². The first-order chi connectivity index (χ1) is 7.80. The van der Waals surface area contributed by atoms with Gasteiger partial charge in [0, 0.05) is 6.92 Å². The van der Waals surface area contributed by atoms with Crippen molar-refractivity contribution in [1.82, 2.24) is 0 Å². The van der Waals surface area contributed by atoms with E-state index < -0.39 is 30.1 Å². The molecule has 0 N–H and O–H groups in total. The molecule has 0 amide bonds. The Morgan fingerprint density at radius 3 is 2.71 bits per heavy atom. The summed E-state index contributed by atoms with van der Waals surface area (Å²) in [7, 11) is 0. The molecule has 94 valence electrons. The molecule has 5 nitrogen and oxygen atoms in total. The van der Waals surface area contributed by atoms with Crippen LogP contribution in [0.25, 0.3) is 0 Å². The van der Waals surface area contributed by atoms with Gasteiger partial charge in [-0.05, 0) is 42.5 Å². The van der Waals surface area contributed by atoms with E-state index in [4.69, 9.17) is 14.2 Å². The van der Waals surface area contributed by atoms with Gasteiger partial charge in [0.1, 0.15) is 6.10 Å². The van der Waals surface area contributed by atoms with Crippen molar-refractivity contribution in [1.29, 1.82) is 0 Å². The van der Waals surface area contributed by atoms with Crippen molar-refractivity contribution in [2.75, 3.05) is 0 Å². The van der Waals surface area contributed by atoms with Crippen LogP contribution in [0.4, 0.5) is 0 Å². The molecule has 0 spiro atoms. The highest BCUT2D eigenvalue weighted by Gasteiger charge is 2.52. The molecule has 0 aromatic heterocycles. The molecule has 2 rings (SSSR count). The van der Waals surface area contributed by atoms with Gasteiger partial charge in [-0.1, -0.05) is 0 Å². The summed E-state index contributed by atoms with van der Waals surface area (Å²) in [6, 6.07) is 0. The van der Waals surface area contributed by atoms with Gasteiger partial charge in [0.15, 0.2) is 23.8 Å². The number of fused-ring (bicyclic) bond motifs is 1. The molecule has 0 radical (unpaired) electrons. The van der Waals surface area contributed by atoms with E-state index in [2.05, 4.69) is 0 Å². The van der Waals surface area contributed by atoms with Crippen molar-refractivity contribution in [3.05, 3.63) is 9.66 Å². The van der Waals surface area contributed by atoms with Gasteiger partial charge < -0.3 is 14.2 Å². The molecule has 0 saturated carbocycles. The molecular weight excluding hydrogens is 339 g/mol. The molecule has 1 saturated heterocycles. The Kier molecular flexibility index (Phi) is 3.30. The molecule has 1 heterocycles. The summed E-state index contributed by atoms with van der Waals surface area (Å²) in [5, 5.41) is 0. The van der Waals surface area contributed by atoms with Gasteiger partial charge in [-0.2, -0.15) is 0 Å². The lowest BCUT2D eigenvalue weighted by molar-refractivity contribution is -0.165. The standard InChI is InChI=1S/C11H13IO5/c1-5(13)15-7-4-6(12)8(14)10-9(7)16-11(2,3)17-10/h4,7,9-10H,1-3H3/t7-,9+,10-/m1/s1. The molecule has 1 fully saturated rings. The van der Waals surface area contributed by atoms with Crippen LogP contribution in [0.1, 0.15) is 20.8 Å². The summed E-state index contributed by atoms with van der Waals surface area (Å²) in [6.07, 6.45) is -0.203. The molecule has 0 aromatic rings. The number of Topliss-reactive ketones (excluding diaryl/α,β-unsaturated/α-hetero) is 1. The number of hydrogen-bond acceptors (Lipinski definition) is 5. The van der Waals surface area contributed by atoms with Crippen molar-refractivity contribution in [3.8, 4) is 0 Å². The van der Waals surface area contributed by atoms with Crippen molar-refractivity contribution in [3.63, 3.8) is 0 Å². The minimum absolute atomic E-state index is 0.121. The second-order valence-electron chi connectivity index (χ2n) is 4.47. The van der Waals surface area contributed by atoms with E-state index in [1.165, 1.54) is 6.92 Å². The van der Waals surface area contributed by atoms with Crippen LogP contribution in [0.2, 0.25) is 0 Å². The molecule has 3 atom stereocenters. The fraction of sp³-hybridized carbons (Fsp3) is 0.636. The number of ether oxygens (including phenoxy) is 3. The van der Waals surface area contributed by atoms with Crippen LogP contribution >= 0.6 is 22.6 Å². The van der Waals surface area contributed by atoms with Gasteiger partial charge in [-0.25, -0.2) is 0 Å². The van der Waals surface area contributed by atoms with E-state index in [1.54, 1.807) is 19.9 Å². The van der Waals surface area contributed by atoms with Crippen molar-refractivity contribution >= 4 is 34.3 Å². The van der Waals surface area contributed by atoms with E-state index in [-0.39, 0.29) is 5.78 Å². The van der Waals surface area contributed by atoms with Crippen molar-refractivity contribution in [2.45, 2.75) is 44.9 Å². The number of ketones is 1. The summed E-state index contributed by atoms with van der Waals surface area (Å²) < 4.78 is 16.8. The fourth-order valence-electron chi connectivity index (χ4n) is 1.98. The summed E-state index contributed by atoms with van der Waals surface area (Å²) in [6.45, 7) is 4.79. The smallest absolute Gasteiger partial charge is 0.303 e. The zero-order chi connectivity index (χ0) is 12.8. The van der Waals surface area contributed by atoms with Crippen LogP contribution in [-0.4, -0.2) is 35.9 Å². The number of hydrogen-bond donors (Lipinski definition) is 0. The number of halogens is 1. The minimum Gasteiger partial charge on any atom is -0.455 e. The third-order valence-corrected chi connectivity index (χ3v) is 3.45. The summed E-state index contributed by atoms with van der Waals surface area (Å²) in [5.41, 5.74) is 0. The Hall–Kier alpha value is -0.470. The molecule has 0 aromatic carbocycles. The van der Waals surface area contributed by atoms with Crippen LogP contribution in [0.5, 0.6) is 0 Å². The number of rotatable bonds is 1. The first-order valence-corrected chi connectivity index (χ1v) is 6.32. The Balaban J connectivity index is 2.28. The van der Waals surface area contributed by atoms with Crippen LogP contribution in [0.15, 0.2) is 9.66 Å². The van der Waals surface area contributed by atoms with Gasteiger partial charge in [0.25, 0.3) is 0 Å². The Morgan fingerprint density at radius 1 is 1.47 bits per heavy atom. The molecule has 6 heteroatoms. The van der Waals surface area contributed by atoms with E-state index in [0.717, 1.165) is 0 Å². The maximum Gasteiger partial charge on any atom is 0.303 e. The third kappa shape index (κ3) is 2.53. The van der Waals surface area contributed by atoms with Gasteiger partial charge in [0.2, 0.25) is 0 Å². The molecule has 1 aliphatic heterocycles. The lowest BCUT2D eigenvalue weighted by Gasteiger charge is -2.27. The normalized spacial score (nSPS) is 35.2. The van der Waals surface area contributed by atoms with E-state index in [0.29, 0.717) is 3.58 Å². The molecule has 2 aliphatic rings. The van der Waals surface area contributed by atoms with Crippen LogP contribution < -0.4 is 0 Å². The van der Waals surface area contributed by atoms with Crippen LogP contribution in [-0.2, 0) is 23.8 Å².